The number of nitrogens with zero attached hydrogens (tertiary/aromatic N) is 6. The Bertz CT molecular complexity index is 1990. The molecule has 10 nitrogen and oxygen atoms in total. The van der Waals surface area contributed by atoms with E-state index in [1.165, 1.54) is 35.1 Å². The van der Waals surface area contributed by atoms with Crippen LogP contribution in [0.4, 0.5) is 0 Å². The van der Waals surface area contributed by atoms with Crippen molar-refractivity contribution in [2.75, 3.05) is 26.7 Å². The molecule has 2 N–H and O–H groups in total. The van der Waals surface area contributed by atoms with Gasteiger partial charge in [0, 0.05) is 72.6 Å². The Labute approximate surface area is 270 Å². The van der Waals surface area contributed by atoms with Gasteiger partial charge in [-0.2, -0.15) is 0 Å². The smallest absolute Gasteiger partial charge is 0.273 e. The number of carbonyl (C=O) groups excluding carboxylic acids is 2. The van der Waals surface area contributed by atoms with Gasteiger partial charge >= 0.3 is 0 Å². The molecular formula is C35H37N7O3S. The van der Waals surface area contributed by atoms with Gasteiger partial charge in [-0.1, -0.05) is 18.2 Å². The summed E-state index contributed by atoms with van der Waals surface area (Å²) < 4.78 is 10.7. The largest absolute Gasteiger partial charge is 0.494 e. The number of likely N-dealkylation sites (tertiary alicyclic amines) is 2. The zero-order chi connectivity index (χ0) is 31.1. The normalized spacial score (nSPS) is 22.7. The predicted octanol–water partition coefficient (Wildman–Crippen LogP) is 4.87. The number of benzene rings is 2. The van der Waals surface area contributed by atoms with Crippen LogP contribution in [0.25, 0.3) is 33.5 Å². The van der Waals surface area contributed by atoms with Crippen LogP contribution in [0.2, 0.25) is 0 Å². The Hall–Kier alpha value is -4.22. The average molecular weight is 636 g/mol. The van der Waals surface area contributed by atoms with Crippen molar-refractivity contribution < 1.29 is 14.3 Å². The molecule has 5 aromatic rings. The summed E-state index contributed by atoms with van der Waals surface area (Å²) in [6.45, 7) is 3.63. The van der Waals surface area contributed by atoms with Crippen molar-refractivity contribution >= 4 is 45.1 Å². The topological polar surface area (TPSA) is 112 Å². The minimum Gasteiger partial charge on any atom is -0.494 e. The molecular weight excluding hydrogens is 598 g/mol. The van der Waals surface area contributed by atoms with Crippen molar-refractivity contribution in [3.05, 3.63) is 64.6 Å². The van der Waals surface area contributed by atoms with Crippen LogP contribution in [0.15, 0.2) is 53.4 Å². The molecule has 5 heterocycles. The van der Waals surface area contributed by atoms with Gasteiger partial charge in [-0.15, -0.1) is 11.3 Å². The quantitative estimate of drug-likeness (QED) is 0.261. The van der Waals surface area contributed by atoms with E-state index in [9.17, 15) is 9.59 Å². The maximum absolute atomic E-state index is 13.9. The average Bonchev–Trinajstić information content (AvgIpc) is 3.44. The third kappa shape index (κ3) is 4.46. The number of carbonyl (C=O) groups is 2. The number of hydrogen-bond acceptors (Lipinski definition) is 7. The second-order valence-corrected chi connectivity index (χ2v) is 14.3. The molecule has 46 heavy (non-hydrogen) atoms. The number of methoxy groups -OCH3 is 1. The first kappa shape index (κ1) is 28.0. The van der Waals surface area contributed by atoms with Crippen molar-refractivity contribution in [2.24, 2.45) is 23.5 Å². The number of thiazole rings is 1. The predicted molar refractivity (Wildman–Crippen MR) is 177 cm³/mol. The van der Waals surface area contributed by atoms with Crippen molar-refractivity contribution in [3.63, 3.8) is 0 Å². The van der Waals surface area contributed by atoms with Gasteiger partial charge in [-0.3, -0.25) is 9.59 Å². The number of imidazole rings is 1. The number of para-hydroxylation sites is 1. The van der Waals surface area contributed by atoms with E-state index in [1.807, 2.05) is 21.9 Å². The number of aromatic nitrogens is 4. The molecule has 2 unspecified atom stereocenters. The van der Waals surface area contributed by atoms with E-state index < -0.39 is 0 Å². The Balaban J connectivity index is 1.13. The maximum Gasteiger partial charge on any atom is 0.273 e. The van der Waals surface area contributed by atoms with Gasteiger partial charge < -0.3 is 29.4 Å². The van der Waals surface area contributed by atoms with E-state index in [0.717, 1.165) is 41.9 Å². The molecule has 3 atom stereocenters. The molecule has 4 aliphatic rings. The molecule has 3 aromatic heterocycles. The third-order valence-electron chi connectivity index (χ3n) is 10.7. The summed E-state index contributed by atoms with van der Waals surface area (Å²) in [4.78, 5) is 40.2. The monoisotopic (exact) mass is 635 g/mol. The summed E-state index contributed by atoms with van der Waals surface area (Å²) in [5.41, 5.74) is 13.1. The van der Waals surface area contributed by atoms with E-state index in [4.69, 9.17) is 15.5 Å². The second kappa shape index (κ2) is 10.7. The Morgan fingerprint density at radius 3 is 2.52 bits per heavy atom. The second-order valence-electron chi connectivity index (χ2n) is 13.6. The number of amides is 2. The summed E-state index contributed by atoms with van der Waals surface area (Å²) in [6, 6.07) is 14.7. The molecule has 236 valence electrons. The lowest BCUT2D eigenvalue weighted by Gasteiger charge is -2.39. The number of nitrogens with two attached hydrogens (primary N) is 1. The molecule has 4 fully saturated rings. The molecule has 0 radical (unpaired) electrons. The van der Waals surface area contributed by atoms with Crippen LogP contribution in [0.1, 0.15) is 46.5 Å². The number of rotatable bonds is 8. The van der Waals surface area contributed by atoms with Crippen LogP contribution < -0.4 is 10.5 Å². The van der Waals surface area contributed by atoms with Crippen molar-refractivity contribution in [3.8, 4) is 17.3 Å². The summed E-state index contributed by atoms with van der Waals surface area (Å²) in [7, 11) is 1.66. The summed E-state index contributed by atoms with van der Waals surface area (Å²) in [5.74, 6) is 2.76. The minimum absolute atomic E-state index is 0.00279. The van der Waals surface area contributed by atoms with Gasteiger partial charge in [0.15, 0.2) is 5.82 Å². The maximum atomic E-state index is 13.9. The highest BCUT2D eigenvalue weighted by atomic mass is 32.1. The Kier molecular flexibility index (Phi) is 6.50. The minimum atomic E-state index is -0.0196. The van der Waals surface area contributed by atoms with Crippen LogP contribution in [-0.4, -0.2) is 79.5 Å². The van der Waals surface area contributed by atoms with Crippen molar-refractivity contribution in [1.29, 1.82) is 0 Å². The summed E-state index contributed by atoms with van der Waals surface area (Å²) >= 11 is 1.44. The van der Waals surface area contributed by atoms with E-state index in [1.54, 1.807) is 18.0 Å². The number of piperidine rings is 1. The zero-order valence-electron chi connectivity index (χ0n) is 25.8. The first-order valence-corrected chi connectivity index (χ1v) is 17.3. The molecule has 2 saturated carbocycles. The molecule has 2 amide bonds. The molecule has 11 heteroatoms. The molecule has 2 aliphatic heterocycles. The fourth-order valence-electron chi connectivity index (χ4n) is 8.07. The van der Waals surface area contributed by atoms with Crippen LogP contribution >= 0.6 is 11.3 Å². The van der Waals surface area contributed by atoms with Gasteiger partial charge in [-0.25, -0.2) is 9.97 Å². The SMILES string of the molecule is COc1cc(C(=O)N2CC3CCC2[C@@H]3N)cc2nc(-c3cc4ccccc4n3CC3CC3)n(CC3CN(C(=O)c4cscn4)C3)c12. The number of hydrogen-bond donors (Lipinski definition) is 1. The van der Waals surface area contributed by atoms with E-state index in [-0.39, 0.29) is 29.8 Å². The van der Waals surface area contributed by atoms with Gasteiger partial charge in [0.25, 0.3) is 11.8 Å². The summed E-state index contributed by atoms with van der Waals surface area (Å²) in [5, 5.41) is 2.99. The first-order chi connectivity index (χ1) is 22.5. The van der Waals surface area contributed by atoms with Gasteiger partial charge in [0.05, 0.1) is 23.8 Å². The molecule has 2 aromatic carbocycles. The highest BCUT2D eigenvalue weighted by molar-refractivity contribution is 7.07. The van der Waals surface area contributed by atoms with Crippen LogP contribution in [0.5, 0.6) is 5.75 Å². The highest BCUT2D eigenvalue weighted by Crippen LogP contribution is 2.41. The number of ether oxygens (including phenoxy) is 1. The molecule has 2 bridgehead atoms. The van der Waals surface area contributed by atoms with Gasteiger partial charge in [0.1, 0.15) is 17.0 Å². The lowest BCUT2D eigenvalue weighted by molar-refractivity contribution is 0.0466. The fourth-order valence-corrected chi connectivity index (χ4v) is 8.60. The van der Waals surface area contributed by atoms with Crippen LogP contribution in [0.3, 0.4) is 0 Å². The fraction of sp³-hybridized carbons (Fsp3) is 0.429. The van der Waals surface area contributed by atoms with Crippen molar-refractivity contribution in [2.45, 2.75) is 50.9 Å². The molecule has 0 spiro atoms. The van der Waals surface area contributed by atoms with Crippen LogP contribution in [-0.2, 0) is 13.1 Å². The highest BCUT2D eigenvalue weighted by Gasteiger charge is 2.47. The van der Waals surface area contributed by atoms with E-state index in [0.29, 0.717) is 55.0 Å². The lowest BCUT2D eigenvalue weighted by atomic mass is 9.99. The molecule has 9 rings (SSSR count). The molecule has 2 saturated heterocycles. The van der Waals surface area contributed by atoms with Gasteiger partial charge in [0.2, 0.25) is 0 Å². The Morgan fingerprint density at radius 2 is 1.80 bits per heavy atom. The van der Waals surface area contributed by atoms with Crippen molar-refractivity contribution in [1.82, 2.24) is 28.9 Å². The summed E-state index contributed by atoms with van der Waals surface area (Å²) in [6.07, 6.45) is 4.54. The standard InChI is InChI=1S/C35H37N7O3S/c1-45-30-12-24(34(43)41-17-23-8-9-28(41)31(23)36)10-25-32(30)42(16-21-13-39(14-21)35(44)26-18-46-19-37-26)33(38-25)29-11-22-4-2-3-5-27(22)40(29)15-20-6-7-20/h2-5,10-12,18-21,23,28,31H,6-9,13-17,36H2,1H3/t23?,28?,31-/m1/s1. The van der Waals surface area contributed by atoms with Gasteiger partial charge in [-0.05, 0) is 61.8 Å². The molecule has 2 aliphatic carbocycles. The third-order valence-corrected chi connectivity index (χ3v) is 11.3. The lowest BCUT2D eigenvalue weighted by Crippen LogP contribution is -2.51. The van der Waals surface area contributed by atoms with Crippen LogP contribution in [0, 0.1) is 17.8 Å². The van der Waals surface area contributed by atoms with E-state index >= 15 is 0 Å². The first-order valence-electron chi connectivity index (χ1n) is 16.4. The zero-order valence-corrected chi connectivity index (χ0v) is 26.7. The van der Waals surface area contributed by atoms with E-state index in [2.05, 4.69) is 44.5 Å². The Morgan fingerprint density at radius 1 is 0.978 bits per heavy atom. The number of fused-ring (bicyclic) bond motifs is 4.